The molecule has 1 heteroatoms. The Morgan fingerprint density at radius 2 is 0.778 bits per heavy atom. The van der Waals surface area contributed by atoms with Crippen LogP contribution in [0.1, 0.15) is 0 Å². The summed E-state index contributed by atoms with van der Waals surface area (Å²) in [5, 5.41) is 7.36. The number of hydrogen-bond acceptors (Lipinski definition) is 1. The third kappa shape index (κ3) is 4.17. The Morgan fingerprint density at radius 1 is 0.289 bits per heavy atom. The topological polar surface area (TPSA) is 13.1 Å². The second kappa shape index (κ2) is 10.4. The zero-order valence-corrected chi connectivity index (χ0v) is 24.6. The van der Waals surface area contributed by atoms with Crippen molar-refractivity contribution in [2.75, 3.05) is 0 Å². The van der Waals surface area contributed by atoms with Crippen LogP contribution in [0.2, 0.25) is 0 Å². The molecule has 0 amide bonds. The van der Waals surface area contributed by atoms with E-state index in [1.165, 1.54) is 60.5 Å². The summed E-state index contributed by atoms with van der Waals surface area (Å²) in [6, 6.07) is 60.9. The van der Waals surface area contributed by atoms with Crippen LogP contribution in [0.3, 0.4) is 0 Å². The molecule has 0 spiro atoms. The summed E-state index contributed by atoms with van der Waals surface area (Å²) in [7, 11) is 0. The normalized spacial score (nSPS) is 11.6. The van der Waals surface area contributed by atoms with Crippen LogP contribution in [-0.2, 0) is 0 Å². The van der Waals surface area contributed by atoms with Crippen molar-refractivity contribution in [1.82, 2.24) is 0 Å². The fourth-order valence-corrected chi connectivity index (χ4v) is 7.05. The van der Waals surface area contributed by atoms with Gasteiger partial charge in [-0.1, -0.05) is 152 Å². The van der Waals surface area contributed by atoms with Crippen molar-refractivity contribution in [2.45, 2.75) is 0 Å². The molecule has 0 radical (unpaired) electrons. The van der Waals surface area contributed by atoms with Crippen molar-refractivity contribution >= 4 is 43.5 Å². The molecule has 45 heavy (non-hydrogen) atoms. The van der Waals surface area contributed by atoms with E-state index in [1.807, 2.05) is 6.07 Å². The first-order valence-electron chi connectivity index (χ1n) is 15.4. The van der Waals surface area contributed by atoms with Gasteiger partial charge in [0.05, 0.1) is 0 Å². The van der Waals surface area contributed by atoms with Gasteiger partial charge in [-0.05, 0) is 84.3 Å². The first-order chi connectivity index (χ1) is 22.3. The van der Waals surface area contributed by atoms with E-state index >= 15 is 0 Å². The molecule has 0 unspecified atom stereocenters. The molecule has 0 bridgehead atoms. The van der Waals surface area contributed by atoms with Crippen molar-refractivity contribution in [3.05, 3.63) is 170 Å². The van der Waals surface area contributed by atoms with Crippen molar-refractivity contribution in [2.24, 2.45) is 0 Å². The summed E-state index contributed by atoms with van der Waals surface area (Å²) < 4.78 is 6.41. The number of hydrogen-bond donors (Lipinski definition) is 0. The van der Waals surface area contributed by atoms with Gasteiger partial charge in [-0.25, -0.2) is 0 Å². The molecule has 0 aliphatic heterocycles. The minimum atomic E-state index is 0.908. The van der Waals surface area contributed by atoms with E-state index in [9.17, 15) is 0 Å². The molecule has 9 aromatic rings. The van der Waals surface area contributed by atoms with E-state index in [2.05, 4.69) is 164 Å². The molecule has 0 atom stereocenters. The number of rotatable bonds is 4. The maximum absolute atomic E-state index is 6.41. The van der Waals surface area contributed by atoms with Crippen LogP contribution in [0.25, 0.3) is 88.0 Å². The van der Waals surface area contributed by atoms with Gasteiger partial charge >= 0.3 is 0 Å². The Kier molecular flexibility index (Phi) is 5.89. The van der Waals surface area contributed by atoms with E-state index in [0.717, 1.165) is 27.5 Å². The monoisotopic (exact) mass is 572 g/mol. The molecular weight excluding hydrogens is 544 g/mol. The van der Waals surface area contributed by atoms with Gasteiger partial charge in [-0.15, -0.1) is 0 Å². The zero-order valence-electron chi connectivity index (χ0n) is 24.6. The predicted molar refractivity (Wildman–Crippen MR) is 190 cm³/mol. The Hall–Kier alpha value is -5.92. The fraction of sp³-hybridized carbons (Fsp3) is 0. The summed E-state index contributed by atoms with van der Waals surface area (Å²) in [4.78, 5) is 0. The van der Waals surface area contributed by atoms with Crippen LogP contribution in [-0.4, -0.2) is 0 Å². The summed E-state index contributed by atoms with van der Waals surface area (Å²) in [6.45, 7) is 0. The van der Waals surface area contributed by atoms with Crippen LogP contribution in [0.15, 0.2) is 174 Å². The highest BCUT2D eigenvalue weighted by Crippen LogP contribution is 2.44. The second-order valence-electron chi connectivity index (χ2n) is 11.6. The van der Waals surface area contributed by atoms with Gasteiger partial charge in [0, 0.05) is 10.8 Å². The highest BCUT2D eigenvalue weighted by molar-refractivity contribution is 6.21. The molecule has 0 aliphatic carbocycles. The van der Waals surface area contributed by atoms with Crippen LogP contribution in [0.5, 0.6) is 0 Å². The van der Waals surface area contributed by atoms with Gasteiger partial charge in [-0.2, -0.15) is 0 Å². The van der Waals surface area contributed by atoms with E-state index in [0.29, 0.717) is 0 Å². The maximum Gasteiger partial charge on any atom is 0.136 e. The molecule has 1 nitrogen and oxygen atoms in total. The average molecular weight is 573 g/mol. The predicted octanol–water partition coefficient (Wildman–Crippen LogP) is 12.6. The van der Waals surface area contributed by atoms with Crippen LogP contribution in [0, 0.1) is 0 Å². The molecule has 0 aliphatic rings. The average Bonchev–Trinajstić information content (AvgIpc) is 3.50. The van der Waals surface area contributed by atoms with Crippen LogP contribution < -0.4 is 0 Å². The molecule has 1 aromatic heterocycles. The first-order valence-corrected chi connectivity index (χ1v) is 15.4. The molecule has 210 valence electrons. The van der Waals surface area contributed by atoms with Crippen LogP contribution >= 0.6 is 0 Å². The summed E-state index contributed by atoms with van der Waals surface area (Å²) in [6.07, 6.45) is 0. The summed E-state index contributed by atoms with van der Waals surface area (Å²) in [5.74, 6) is 0. The first kappa shape index (κ1) is 25.6. The highest BCUT2D eigenvalue weighted by Gasteiger charge is 2.17. The molecular formula is C44H28O. The second-order valence-corrected chi connectivity index (χ2v) is 11.6. The molecule has 0 fully saturated rings. The number of furan rings is 1. The fourth-order valence-electron chi connectivity index (χ4n) is 7.05. The lowest BCUT2D eigenvalue weighted by atomic mass is 9.85. The third-order valence-corrected chi connectivity index (χ3v) is 9.08. The van der Waals surface area contributed by atoms with Gasteiger partial charge in [-0.3, -0.25) is 0 Å². The van der Waals surface area contributed by atoms with E-state index in [1.54, 1.807) is 0 Å². The minimum absolute atomic E-state index is 0.908. The quantitative estimate of drug-likeness (QED) is 0.191. The van der Waals surface area contributed by atoms with Crippen LogP contribution in [0.4, 0.5) is 0 Å². The molecule has 0 saturated carbocycles. The number of fused-ring (bicyclic) bond motifs is 5. The summed E-state index contributed by atoms with van der Waals surface area (Å²) >= 11 is 0. The highest BCUT2D eigenvalue weighted by atomic mass is 16.3. The standard InChI is InChI=1S/C44H28O/c1-3-12-29(13-4-1)33-26-27-39-41(28-33)45-40-21-11-20-34(44(39)40)30-22-24-32(25-23-30)43-37-18-9-7-16-35(37)42(31-14-5-2-6-15-31)36-17-8-10-19-38(36)43/h1-28H. The lowest BCUT2D eigenvalue weighted by Gasteiger charge is -2.18. The molecule has 0 saturated heterocycles. The third-order valence-electron chi connectivity index (χ3n) is 9.08. The van der Waals surface area contributed by atoms with Crippen molar-refractivity contribution in [3.63, 3.8) is 0 Å². The van der Waals surface area contributed by atoms with Crippen molar-refractivity contribution in [1.29, 1.82) is 0 Å². The van der Waals surface area contributed by atoms with E-state index in [4.69, 9.17) is 4.42 Å². The lowest BCUT2D eigenvalue weighted by molar-refractivity contribution is 0.669. The SMILES string of the molecule is c1ccc(-c2ccc3c(c2)oc2cccc(-c4ccc(-c5c6ccccc6c(-c6ccccc6)c6ccccc56)cc4)c23)cc1. The van der Waals surface area contributed by atoms with Gasteiger partial charge in [0.1, 0.15) is 11.2 Å². The molecule has 0 N–H and O–H groups in total. The summed E-state index contributed by atoms with van der Waals surface area (Å²) in [5.41, 5.74) is 11.5. The lowest BCUT2D eigenvalue weighted by Crippen LogP contribution is -1.90. The van der Waals surface area contributed by atoms with Crippen molar-refractivity contribution in [3.8, 4) is 44.5 Å². The van der Waals surface area contributed by atoms with Gasteiger partial charge in [0.15, 0.2) is 0 Å². The zero-order chi connectivity index (χ0) is 29.7. The molecule has 9 rings (SSSR count). The molecule has 1 heterocycles. The van der Waals surface area contributed by atoms with Gasteiger partial charge in [0.2, 0.25) is 0 Å². The van der Waals surface area contributed by atoms with Gasteiger partial charge in [0.25, 0.3) is 0 Å². The smallest absolute Gasteiger partial charge is 0.136 e. The number of benzene rings is 8. The largest absolute Gasteiger partial charge is 0.456 e. The Morgan fingerprint density at radius 3 is 1.38 bits per heavy atom. The Bertz CT molecular complexity index is 2450. The van der Waals surface area contributed by atoms with Crippen molar-refractivity contribution < 1.29 is 4.42 Å². The van der Waals surface area contributed by atoms with E-state index < -0.39 is 0 Å². The minimum Gasteiger partial charge on any atom is -0.456 e. The maximum atomic E-state index is 6.41. The Balaban J connectivity index is 1.20. The van der Waals surface area contributed by atoms with Gasteiger partial charge < -0.3 is 4.42 Å². The molecule has 8 aromatic carbocycles. The van der Waals surface area contributed by atoms with E-state index in [-0.39, 0.29) is 0 Å². The Labute approximate surface area is 261 Å².